The molecule has 0 aliphatic carbocycles. The van der Waals surface area contributed by atoms with E-state index in [9.17, 15) is 9.59 Å². The van der Waals surface area contributed by atoms with E-state index in [4.69, 9.17) is 5.26 Å². The predicted octanol–water partition coefficient (Wildman–Crippen LogP) is 3.60. The van der Waals surface area contributed by atoms with Crippen LogP contribution in [0.15, 0.2) is 59.5 Å². The molecule has 0 atom stereocenters. The molecule has 1 aliphatic rings. The van der Waals surface area contributed by atoms with Crippen LogP contribution in [0.3, 0.4) is 0 Å². The molecule has 24 heavy (non-hydrogen) atoms. The van der Waals surface area contributed by atoms with Crippen molar-refractivity contribution in [3.05, 3.63) is 70.6 Å². The minimum absolute atomic E-state index is 0.310. The lowest BCUT2D eigenvalue weighted by molar-refractivity contribution is -0.119. The van der Waals surface area contributed by atoms with E-state index in [1.165, 1.54) is 16.7 Å². The SMILES string of the molecule is CCSC1=C(c2ccccc2)C(=O)N(c2ccc(C#N)cc2)C1=O. The molecule has 3 rings (SSSR count). The molecule has 1 heterocycles. The molecule has 0 N–H and O–H groups in total. The zero-order valence-corrected chi connectivity index (χ0v) is 13.8. The van der Waals surface area contributed by atoms with Crippen molar-refractivity contribution in [2.24, 2.45) is 0 Å². The topological polar surface area (TPSA) is 61.2 Å². The minimum Gasteiger partial charge on any atom is -0.268 e. The monoisotopic (exact) mass is 334 g/mol. The van der Waals surface area contributed by atoms with Crippen molar-refractivity contribution in [1.82, 2.24) is 0 Å². The van der Waals surface area contributed by atoms with Crippen molar-refractivity contribution in [3.8, 4) is 6.07 Å². The molecule has 0 spiro atoms. The first-order valence-corrected chi connectivity index (χ1v) is 8.47. The van der Waals surface area contributed by atoms with Gasteiger partial charge in [-0.1, -0.05) is 37.3 Å². The van der Waals surface area contributed by atoms with Crippen molar-refractivity contribution in [3.63, 3.8) is 0 Å². The molecule has 0 unspecified atom stereocenters. The van der Waals surface area contributed by atoms with Gasteiger partial charge in [0.25, 0.3) is 11.8 Å². The van der Waals surface area contributed by atoms with E-state index in [-0.39, 0.29) is 11.8 Å². The summed E-state index contributed by atoms with van der Waals surface area (Å²) in [5, 5.41) is 8.89. The summed E-state index contributed by atoms with van der Waals surface area (Å²) in [7, 11) is 0. The van der Waals surface area contributed by atoms with Crippen LogP contribution in [0.4, 0.5) is 5.69 Å². The van der Waals surface area contributed by atoms with Gasteiger partial charge < -0.3 is 0 Å². The second-order valence-corrected chi connectivity index (χ2v) is 6.38. The van der Waals surface area contributed by atoms with Gasteiger partial charge in [-0.25, -0.2) is 4.90 Å². The number of hydrogen-bond acceptors (Lipinski definition) is 4. The van der Waals surface area contributed by atoms with E-state index in [1.54, 1.807) is 24.3 Å². The van der Waals surface area contributed by atoms with Crippen LogP contribution >= 0.6 is 11.8 Å². The largest absolute Gasteiger partial charge is 0.272 e. The summed E-state index contributed by atoms with van der Waals surface area (Å²) in [6, 6.07) is 17.7. The Labute approximate surface area is 144 Å². The molecule has 1 aliphatic heterocycles. The molecule has 0 radical (unpaired) electrons. The maximum Gasteiger partial charge on any atom is 0.272 e. The highest BCUT2D eigenvalue weighted by molar-refractivity contribution is 8.04. The number of anilines is 1. The highest BCUT2D eigenvalue weighted by atomic mass is 32.2. The number of carbonyl (C=O) groups excluding carboxylic acids is 2. The molecule has 5 heteroatoms. The fourth-order valence-corrected chi connectivity index (χ4v) is 3.42. The Morgan fingerprint density at radius 3 is 2.25 bits per heavy atom. The highest BCUT2D eigenvalue weighted by Gasteiger charge is 2.39. The maximum atomic E-state index is 12.9. The Morgan fingerprint density at radius 1 is 1.00 bits per heavy atom. The molecule has 0 saturated carbocycles. The summed E-state index contributed by atoms with van der Waals surface area (Å²) in [6.45, 7) is 1.95. The van der Waals surface area contributed by atoms with Gasteiger partial charge in [-0.15, -0.1) is 11.8 Å². The van der Waals surface area contributed by atoms with E-state index in [0.29, 0.717) is 27.5 Å². The van der Waals surface area contributed by atoms with Gasteiger partial charge >= 0.3 is 0 Å². The van der Waals surface area contributed by atoms with Gasteiger partial charge in [0.1, 0.15) is 0 Å². The Kier molecular flexibility index (Phi) is 4.50. The second-order valence-electron chi connectivity index (χ2n) is 5.11. The lowest BCUT2D eigenvalue weighted by atomic mass is 10.1. The third-order valence-electron chi connectivity index (χ3n) is 3.65. The highest BCUT2D eigenvalue weighted by Crippen LogP contribution is 2.38. The smallest absolute Gasteiger partial charge is 0.268 e. The van der Waals surface area contributed by atoms with Crippen molar-refractivity contribution in [2.45, 2.75) is 6.92 Å². The average Bonchev–Trinajstić information content (AvgIpc) is 2.86. The number of nitriles is 1. The molecule has 4 nitrogen and oxygen atoms in total. The van der Waals surface area contributed by atoms with Crippen LogP contribution < -0.4 is 4.90 Å². The van der Waals surface area contributed by atoms with Gasteiger partial charge in [-0.2, -0.15) is 5.26 Å². The normalized spacial score (nSPS) is 14.2. The first-order valence-electron chi connectivity index (χ1n) is 7.48. The fraction of sp³-hybridized carbons (Fsp3) is 0.105. The summed E-state index contributed by atoms with van der Waals surface area (Å²) in [4.78, 5) is 27.4. The van der Waals surface area contributed by atoms with E-state index in [0.717, 1.165) is 5.56 Å². The Hall–Kier alpha value is -2.84. The Morgan fingerprint density at radius 2 is 1.67 bits per heavy atom. The minimum atomic E-state index is -0.327. The van der Waals surface area contributed by atoms with E-state index in [1.807, 2.05) is 43.3 Å². The van der Waals surface area contributed by atoms with E-state index < -0.39 is 0 Å². The number of rotatable bonds is 4. The van der Waals surface area contributed by atoms with Crippen LogP contribution in [0, 0.1) is 11.3 Å². The van der Waals surface area contributed by atoms with Crippen molar-refractivity contribution < 1.29 is 9.59 Å². The van der Waals surface area contributed by atoms with Crippen LogP contribution in [0.5, 0.6) is 0 Å². The van der Waals surface area contributed by atoms with Gasteiger partial charge in [-0.05, 0) is 35.6 Å². The second kappa shape index (κ2) is 6.73. The lowest BCUT2D eigenvalue weighted by Gasteiger charge is -2.15. The van der Waals surface area contributed by atoms with Crippen molar-refractivity contribution in [1.29, 1.82) is 5.26 Å². The quantitative estimate of drug-likeness (QED) is 0.802. The molecule has 2 aromatic rings. The Bertz CT molecular complexity index is 864. The number of amides is 2. The molecule has 0 bridgehead atoms. The van der Waals surface area contributed by atoms with E-state index in [2.05, 4.69) is 0 Å². The van der Waals surface area contributed by atoms with Crippen molar-refractivity contribution >= 4 is 34.8 Å². The molecule has 0 saturated heterocycles. The first-order chi connectivity index (χ1) is 11.7. The molecule has 0 aromatic heterocycles. The average molecular weight is 334 g/mol. The number of carbonyl (C=O) groups is 2. The lowest BCUT2D eigenvalue weighted by Crippen LogP contribution is -2.31. The van der Waals surface area contributed by atoms with Gasteiger partial charge in [-0.3, -0.25) is 9.59 Å². The summed E-state index contributed by atoms with van der Waals surface area (Å²) in [5.74, 6) is 0.0635. The number of hydrogen-bond donors (Lipinski definition) is 0. The fourth-order valence-electron chi connectivity index (χ4n) is 2.57. The molecule has 2 amide bonds. The standard InChI is InChI=1S/C19H14N2O2S/c1-2-24-17-16(14-6-4-3-5-7-14)18(22)21(19(17)23)15-10-8-13(12-20)9-11-15/h3-11H,2H2,1H3. The zero-order chi connectivity index (χ0) is 17.1. The van der Waals surface area contributed by atoms with Crippen molar-refractivity contribution in [2.75, 3.05) is 10.7 Å². The zero-order valence-electron chi connectivity index (χ0n) is 13.0. The van der Waals surface area contributed by atoms with Crippen LogP contribution in [0.25, 0.3) is 5.57 Å². The third-order valence-corrected chi connectivity index (χ3v) is 4.60. The maximum absolute atomic E-state index is 12.9. The summed E-state index contributed by atoms with van der Waals surface area (Å²) >= 11 is 1.38. The van der Waals surface area contributed by atoms with Gasteiger partial charge in [0.15, 0.2) is 0 Å². The third kappa shape index (κ3) is 2.72. The molecular formula is C19H14N2O2S. The summed E-state index contributed by atoms with van der Waals surface area (Å²) in [5.41, 5.74) is 2.14. The van der Waals surface area contributed by atoms with E-state index >= 15 is 0 Å². The predicted molar refractivity (Wildman–Crippen MR) is 95.1 cm³/mol. The van der Waals surface area contributed by atoms with Gasteiger partial charge in [0.05, 0.1) is 27.8 Å². The number of nitrogens with zero attached hydrogens (tertiary/aromatic N) is 2. The number of thioether (sulfide) groups is 1. The van der Waals surface area contributed by atoms with Crippen LogP contribution in [0.2, 0.25) is 0 Å². The molecule has 2 aromatic carbocycles. The molecule has 0 fully saturated rings. The summed E-state index contributed by atoms with van der Waals surface area (Å²) in [6.07, 6.45) is 0. The van der Waals surface area contributed by atoms with Crippen LogP contribution in [-0.4, -0.2) is 17.6 Å². The van der Waals surface area contributed by atoms with Crippen LogP contribution in [-0.2, 0) is 9.59 Å². The number of imide groups is 1. The number of benzene rings is 2. The first kappa shape index (κ1) is 16.0. The van der Waals surface area contributed by atoms with Crippen LogP contribution in [0.1, 0.15) is 18.1 Å². The Balaban J connectivity index is 2.06. The molecular weight excluding hydrogens is 320 g/mol. The van der Waals surface area contributed by atoms with Gasteiger partial charge in [0.2, 0.25) is 0 Å². The molecule has 118 valence electrons. The van der Waals surface area contributed by atoms with Gasteiger partial charge in [0, 0.05) is 0 Å². The summed E-state index contributed by atoms with van der Waals surface area (Å²) < 4.78 is 0.